The van der Waals surface area contributed by atoms with Gasteiger partial charge in [-0.25, -0.2) is 0 Å². The maximum absolute atomic E-state index is 12.8. The number of thiophene rings is 1. The van der Waals surface area contributed by atoms with Gasteiger partial charge in [-0.2, -0.15) is 0 Å². The van der Waals surface area contributed by atoms with Gasteiger partial charge in [-0.15, -0.1) is 11.3 Å². The second-order valence-corrected chi connectivity index (χ2v) is 7.26. The number of hydrogen-bond donors (Lipinski definition) is 2. The van der Waals surface area contributed by atoms with Crippen molar-refractivity contribution in [3.8, 4) is 5.75 Å². The van der Waals surface area contributed by atoms with Crippen LogP contribution in [-0.4, -0.2) is 37.0 Å². The zero-order valence-corrected chi connectivity index (χ0v) is 15.1. The number of rotatable bonds is 5. The molecule has 0 spiro atoms. The molecule has 126 valence electrons. The smallest absolute Gasteiger partial charge is 0.272 e. The monoisotopic (exact) mass is 343 g/mol. The van der Waals surface area contributed by atoms with Crippen molar-refractivity contribution in [3.05, 3.63) is 46.5 Å². The first-order chi connectivity index (χ1) is 11.5. The fraction of sp³-hybridized carbons (Fsp3) is 0.278. The number of nitrogens with one attached hydrogen (secondary N) is 2. The van der Waals surface area contributed by atoms with E-state index in [1.165, 1.54) is 4.88 Å². The summed E-state index contributed by atoms with van der Waals surface area (Å²) in [7, 11) is 5.61. The Bertz CT molecular complexity index is 880. The molecule has 2 heterocycles. The Labute approximate surface area is 145 Å². The van der Waals surface area contributed by atoms with E-state index < -0.39 is 0 Å². The van der Waals surface area contributed by atoms with Crippen molar-refractivity contribution in [1.29, 1.82) is 0 Å². The first-order valence-electron chi connectivity index (χ1n) is 7.69. The van der Waals surface area contributed by atoms with Crippen LogP contribution in [0, 0.1) is 6.92 Å². The van der Waals surface area contributed by atoms with E-state index >= 15 is 0 Å². The van der Waals surface area contributed by atoms with Crippen molar-refractivity contribution in [3.63, 3.8) is 0 Å². The van der Waals surface area contributed by atoms with Gasteiger partial charge in [-0.05, 0) is 39.2 Å². The summed E-state index contributed by atoms with van der Waals surface area (Å²) in [5.74, 6) is 0.575. The standard InChI is InChI=1S/C18H21N3O2S/c1-11-8-15-17(24-11)14(10-21(2)3)16(20-15)18(22)19-12-6-5-7-13(9-12)23-4/h5-9,20H,10H2,1-4H3,(H,19,22). The minimum absolute atomic E-state index is 0.138. The van der Waals surface area contributed by atoms with Crippen molar-refractivity contribution in [2.45, 2.75) is 13.5 Å². The van der Waals surface area contributed by atoms with E-state index in [9.17, 15) is 4.79 Å². The fourth-order valence-corrected chi connectivity index (χ4v) is 3.72. The molecule has 6 heteroatoms. The molecule has 0 radical (unpaired) electrons. The molecule has 3 aromatic rings. The number of amides is 1. The lowest BCUT2D eigenvalue weighted by molar-refractivity contribution is 0.102. The molecule has 0 saturated heterocycles. The Hall–Kier alpha value is -2.31. The van der Waals surface area contributed by atoms with E-state index in [0.717, 1.165) is 15.8 Å². The lowest BCUT2D eigenvalue weighted by Gasteiger charge is -2.11. The number of ether oxygens (including phenoxy) is 1. The van der Waals surface area contributed by atoms with Gasteiger partial charge in [0.25, 0.3) is 5.91 Å². The largest absolute Gasteiger partial charge is 0.497 e. The van der Waals surface area contributed by atoms with Crippen LogP contribution in [0.5, 0.6) is 5.75 Å². The number of methoxy groups -OCH3 is 1. The zero-order valence-electron chi connectivity index (χ0n) is 14.3. The molecule has 0 bridgehead atoms. The summed E-state index contributed by atoms with van der Waals surface area (Å²) in [5.41, 5.74) is 3.38. The van der Waals surface area contributed by atoms with Crippen molar-refractivity contribution in [1.82, 2.24) is 9.88 Å². The van der Waals surface area contributed by atoms with E-state index in [4.69, 9.17) is 4.74 Å². The van der Waals surface area contributed by atoms with E-state index in [2.05, 4.69) is 28.2 Å². The summed E-state index contributed by atoms with van der Waals surface area (Å²) >= 11 is 1.71. The maximum Gasteiger partial charge on any atom is 0.272 e. The highest BCUT2D eigenvalue weighted by atomic mass is 32.1. The molecule has 3 rings (SSSR count). The van der Waals surface area contributed by atoms with Gasteiger partial charge in [0.05, 0.1) is 17.3 Å². The van der Waals surface area contributed by atoms with Crippen molar-refractivity contribution in [2.24, 2.45) is 0 Å². The summed E-state index contributed by atoms with van der Waals surface area (Å²) in [6.07, 6.45) is 0. The molecule has 0 aliphatic rings. The first-order valence-corrected chi connectivity index (χ1v) is 8.50. The second kappa shape index (κ2) is 6.67. The molecule has 0 atom stereocenters. The highest BCUT2D eigenvalue weighted by Crippen LogP contribution is 2.32. The number of hydrogen-bond acceptors (Lipinski definition) is 4. The zero-order chi connectivity index (χ0) is 17.3. The molecule has 0 unspecified atom stereocenters. The van der Waals surface area contributed by atoms with Gasteiger partial charge in [0.1, 0.15) is 11.4 Å². The van der Waals surface area contributed by atoms with Crippen molar-refractivity contribution in [2.75, 3.05) is 26.5 Å². The molecule has 2 N–H and O–H groups in total. The van der Waals surface area contributed by atoms with Crippen LogP contribution in [0.3, 0.4) is 0 Å². The number of aryl methyl sites for hydroxylation is 1. The molecule has 1 aromatic carbocycles. The van der Waals surface area contributed by atoms with Gasteiger partial charge in [0.15, 0.2) is 0 Å². The number of carbonyl (C=O) groups excluding carboxylic acids is 1. The average Bonchev–Trinajstić information content (AvgIpc) is 3.04. The molecule has 1 amide bonds. The van der Waals surface area contributed by atoms with Gasteiger partial charge < -0.3 is 19.9 Å². The van der Waals surface area contributed by atoms with E-state index in [0.29, 0.717) is 23.7 Å². The molecule has 0 fully saturated rings. The molecule has 5 nitrogen and oxygen atoms in total. The Morgan fingerprint density at radius 3 is 2.83 bits per heavy atom. The van der Waals surface area contributed by atoms with Crippen LogP contribution >= 0.6 is 11.3 Å². The van der Waals surface area contributed by atoms with Crippen LogP contribution in [-0.2, 0) is 6.54 Å². The summed E-state index contributed by atoms with van der Waals surface area (Å²) in [5, 5.41) is 2.95. The number of anilines is 1. The van der Waals surface area contributed by atoms with Crippen LogP contribution in [0.4, 0.5) is 5.69 Å². The van der Waals surface area contributed by atoms with Gasteiger partial charge >= 0.3 is 0 Å². The minimum atomic E-state index is -0.138. The first kappa shape index (κ1) is 16.5. The van der Waals surface area contributed by atoms with Gasteiger partial charge in [-0.1, -0.05) is 6.07 Å². The van der Waals surface area contributed by atoms with Crippen LogP contribution in [0.1, 0.15) is 20.9 Å². The molecule has 0 aliphatic carbocycles. The second-order valence-electron chi connectivity index (χ2n) is 6.00. The van der Waals surface area contributed by atoms with Gasteiger partial charge in [0.2, 0.25) is 0 Å². The van der Waals surface area contributed by atoms with Crippen LogP contribution in [0.25, 0.3) is 10.2 Å². The average molecular weight is 343 g/mol. The molecule has 24 heavy (non-hydrogen) atoms. The third-order valence-electron chi connectivity index (χ3n) is 3.72. The van der Waals surface area contributed by atoms with E-state index in [1.807, 2.05) is 32.3 Å². The van der Waals surface area contributed by atoms with E-state index in [-0.39, 0.29) is 5.91 Å². The third-order valence-corrected chi connectivity index (χ3v) is 4.83. The Morgan fingerprint density at radius 2 is 2.12 bits per heavy atom. The van der Waals surface area contributed by atoms with Crippen molar-refractivity contribution >= 4 is 33.1 Å². The summed E-state index contributed by atoms with van der Waals surface area (Å²) in [6, 6.07) is 9.44. The Kier molecular flexibility index (Phi) is 4.59. The predicted octanol–water partition coefficient (Wildman–Crippen LogP) is 3.86. The van der Waals surface area contributed by atoms with Crippen LogP contribution in [0.2, 0.25) is 0 Å². The summed E-state index contributed by atoms with van der Waals surface area (Å²) in [6.45, 7) is 2.79. The lowest BCUT2D eigenvalue weighted by Crippen LogP contribution is -2.18. The SMILES string of the molecule is COc1cccc(NC(=O)c2[nH]c3cc(C)sc3c2CN(C)C)c1. The number of nitrogens with zero attached hydrogens (tertiary/aromatic N) is 1. The number of fused-ring (bicyclic) bond motifs is 1. The maximum atomic E-state index is 12.8. The van der Waals surface area contributed by atoms with Crippen LogP contribution < -0.4 is 10.1 Å². The van der Waals surface area contributed by atoms with Crippen molar-refractivity contribution < 1.29 is 9.53 Å². The normalized spacial score (nSPS) is 11.2. The number of aromatic nitrogens is 1. The molecule has 0 aliphatic heterocycles. The van der Waals surface area contributed by atoms with Crippen LogP contribution in [0.15, 0.2) is 30.3 Å². The predicted molar refractivity (Wildman–Crippen MR) is 99.3 cm³/mol. The number of H-pyrrole nitrogens is 1. The number of aromatic amines is 1. The fourth-order valence-electron chi connectivity index (χ4n) is 2.71. The lowest BCUT2D eigenvalue weighted by atomic mass is 10.2. The van der Waals surface area contributed by atoms with Gasteiger partial charge in [-0.3, -0.25) is 4.79 Å². The summed E-state index contributed by atoms with van der Waals surface area (Å²) < 4.78 is 6.35. The Morgan fingerprint density at radius 1 is 1.33 bits per heavy atom. The third kappa shape index (κ3) is 3.29. The summed E-state index contributed by atoms with van der Waals surface area (Å²) in [4.78, 5) is 19.4. The number of benzene rings is 1. The van der Waals surface area contributed by atoms with E-state index in [1.54, 1.807) is 24.5 Å². The molecular formula is C18H21N3O2S. The molecule has 2 aromatic heterocycles. The van der Waals surface area contributed by atoms with Gasteiger partial charge in [0, 0.05) is 28.7 Å². The highest BCUT2D eigenvalue weighted by molar-refractivity contribution is 7.19. The minimum Gasteiger partial charge on any atom is -0.497 e. The highest BCUT2D eigenvalue weighted by Gasteiger charge is 2.20. The quantitative estimate of drug-likeness (QED) is 0.739. The topological polar surface area (TPSA) is 57.4 Å². The Balaban J connectivity index is 1.94. The number of carbonyl (C=O) groups is 1. The molecular weight excluding hydrogens is 322 g/mol. The molecule has 0 saturated carbocycles.